The highest BCUT2D eigenvalue weighted by atomic mass is 32.2. The van der Waals surface area contributed by atoms with Crippen LogP contribution in [0.3, 0.4) is 0 Å². The van der Waals surface area contributed by atoms with Crippen molar-refractivity contribution in [3.05, 3.63) is 78.6 Å². The van der Waals surface area contributed by atoms with E-state index in [4.69, 9.17) is 0 Å². The van der Waals surface area contributed by atoms with Gasteiger partial charge >= 0.3 is 0 Å². The highest BCUT2D eigenvalue weighted by Gasteiger charge is 2.23. The van der Waals surface area contributed by atoms with E-state index in [1.54, 1.807) is 11.8 Å². The number of rotatable bonds is 5. The summed E-state index contributed by atoms with van der Waals surface area (Å²) in [5.74, 6) is 0.879. The molecule has 1 N–H and O–H groups in total. The van der Waals surface area contributed by atoms with E-state index in [2.05, 4.69) is 51.6 Å². The van der Waals surface area contributed by atoms with Gasteiger partial charge in [-0.1, -0.05) is 48.2 Å². The van der Waals surface area contributed by atoms with Crippen molar-refractivity contribution in [1.29, 1.82) is 0 Å². The third kappa shape index (κ3) is 3.44. The first kappa shape index (κ1) is 18.8. The number of carbonyl (C=O) groups is 1. The minimum absolute atomic E-state index is 0.0234. The summed E-state index contributed by atoms with van der Waals surface area (Å²) >= 11 is 1.78. The normalized spacial score (nSPS) is 12.5. The summed E-state index contributed by atoms with van der Waals surface area (Å²) in [6.45, 7) is 1.05. The Morgan fingerprint density at radius 2 is 1.57 bits per heavy atom. The largest absolute Gasteiger partial charge is 0.349 e. The van der Waals surface area contributed by atoms with E-state index in [1.807, 2.05) is 48.0 Å². The lowest BCUT2D eigenvalue weighted by molar-refractivity contribution is -0.121. The van der Waals surface area contributed by atoms with Crippen molar-refractivity contribution in [3.8, 4) is 0 Å². The van der Waals surface area contributed by atoms with Crippen LogP contribution in [0.1, 0.15) is 12.2 Å². The SMILES string of the molecule is Cn1c(CNC(=O)CCN2c3ccccc3Sc3ccccc32)nc2ccccc21. The second kappa shape index (κ2) is 7.88. The minimum Gasteiger partial charge on any atom is -0.349 e. The van der Waals surface area contributed by atoms with Crippen LogP contribution in [0, 0.1) is 0 Å². The molecule has 5 rings (SSSR count). The van der Waals surface area contributed by atoms with Gasteiger partial charge in [-0.15, -0.1) is 0 Å². The number of amides is 1. The van der Waals surface area contributed by atoms with E-state index in [9.17, 15) is 4.79 Å². The third-order valence-corrected chi connectivity index (χ3v) is 6.55. The van der Waals surface area contributed by atoms with Crippen LogP contribution in [0.15, 0.2) is 82.6 Å². The van der Waals surface area contributed by atoms with Gasteiger partial charge in [-0.2, -0.15) is 0 Å². The highest BCUT2D eigenvalue weighted by Crippen LogP contribution is 2.47. The fraction of sp³-hybridized carbons (Fsp3) is 0.167. The summed E-state index contributed by atoms with van der Waals surface area (Å²) < 4.78 is 2.03. The number of hydrogen-bond donors (Lipinski definition) is 1. The zero-order valence-electron chi connectivity index (χ0n) is 16.7. The number of anilines is 2. The maximum atomic E-state index is 12.6. The van der Waals surface area contributed by atoms with Gasteiger partial charge in [0.25, 0.3) is 0 Å². The van der Waals surface area contributed by atoms with Crippen LogP contribution in [0.5, 0.6) is 0 Å². The van der Waals surface area contributed by atoms with Gasteiger partial charge in [-0.3, -0.25) is 4.79 Å². The van der Waals surface area contributed by atoms with Crippen molar-refractivity contribution in [1.82, 2.24) is 14.9 Å². The van der Waals surface area contributed by atoms with Gasteiger partial charge in [0.05, 0.1) is 29.0 Å². The standard InChI is InChI=1S/C24H22N4OS/c1-27-18-9-3-2-8-17(18)26-23(27)16-25-24(29)14-15-28-19-10-4-6-12-21(19)30-22-13-7-5-11-20(22)28/h2-13H,14-16H2,1H3,(H,25,29). The number of nitrogens with zero attached hydrogens (tertiary/aromatic N) is 3. The maximum Gasteiger partial charge on any atom is 0.222 e. The van der Waals surface area contributed by atoms with Crippen LogP contribution in [-0.4, -0.2) is 22.0 Å². The number of carbonyl (C=O) groups excluding carboxylic acids is 1. The van der Waals surface area contributed by atoms with Gasteiger partial charge in [-0.25, -0.2) is 4.98 Å². The van der Waals surface area contributed by atoms with Crippen molar-refractivity contribution in [2.24, 2.45) is 7.05 Å². The molecule has 30 heavy (non-hydrogen) atoms. The summed E-state index contributed by atoms with van der Waals surface area (Å²) in [5, 5.41) is 3.03. The first-order valence-electron chi connectivity index (χ1n) is 10.0. The van der Waals surface area contributed by atoms with Gasteiger partial charge in [0.2, 0.25) is 5.91 Å². The number of aryl methyl sites for hydroxylation is 1. The maximum absolute atomic E-state index is 12.6. The van der Waals surface area contributed by atoms with Crippen LogP contribution in [0.25, 0.3) is 11.0 Å². The molecule has 0 fully saturated rings. The Balaban J connectivity index is 1.28. The second-order valence-corrected chi connectivity index (χ2v) is 8.38. The lowest BCUT2D eigenvalue weighted by Crippen LogP contribution is -2.30. The van der Waals surface area contributed by atoms with Crippen molar-refractivity contribution in [3.63, 3.8) is 0 Å². The predicted octanol–water partition coefficient (Wildman–Crippen LogP) is 4.88. The lowest BCUT2D eigenvalue weighted by Gasteiger charge is -2.32. The molecule has 5 nitrogen and oxygen atoms in total. The van der Waals surface area contributed by atoms with Crippen molar-refractivity contribution in [2.45, 2.75) is 22.8 Å². The average molecular weight is 415 g/mol. The molecule has 3 aromatic carbocycles. The second-order valence-electron chi connectivity index (χ2n) is 7.29. The fourth-order valence-corrected chi connectivity index (χ4v) is 4.95. The van der Waals surface area contributed by atoms with Crippen LogP contribution >= 0.6 is 11.8 Å². The molecular formula is C24H22N4OS. The Morgan fingerprint density at radius 3 is 2.27 bits per heavy atom. The number of fused-ring (bicyclic) bond motifs is 3. The summed E-state index contributed by atoms with van der Waals surface area (Å²) in [7, 11) is 1.98. The Kier molecular flexibility index (Phi) is 4.93. The Labute approximate surface area is 179 Å². The van der Waals surface area contributed by atoms with E-state index in [0.717, 1.165) is 28.2 Å². The molecule has 2 heterocycles. The molecule has 1 aliphatic rings. The molecule has 150 valence electrons. The molecule has 1 amide bonds. The average Bonchev–Trinajstić information content (AvgIpc) is 3.11. The topological polar surface area (TPSA) is 50.2 Å². The van der Waals surface area contributed by atoms with Gasteiger partial charge < -0.3 is 14.8 Å². The van der Waals surface area contributed by atoms with Crippen LogP contribution in [0.4, 0.5) is 11.4 Å². The van der Waals surface area contributed by atoms with E-state index in [-0.39, 0.29) is 5.91 Å². The molecular weight excluding hydrogens is 392 g/mol. The highest BCUT2D eigenvalue weighted by molar-refractivity contribution is 7.99. The van der Waals surface area contributed by atoms with Gasteiger partial charge in [0, 0.05) is 29.8 Å². The van der Waals surface area contributed by atoms with Gasteiger partial charge in [0.15, 0.2) is 0 Å². The van der Waals surface area contributed by atoms with E-state index in [0.29, 0.717) is 19.5 Å². The van der Waals surface area contributed by atoms with Gasteiger partial charge in [0.1, 0.15) is 5.82 Å². The number of hydrogen-bond acceptors (Lipinski definition) is 4. The predicted molar refractivity (Wildman–Crippen MR) is 121 cm³/mol. The molecule has 4 aromatic rings. The monoisotopic (exact) mass is 414 g/mol. The van der Waals surface area contributed by atoms with Crippen molar-refractivity contribution in [2.75, 3.05) is 11.4 Å². The molecule has 0 atom stereocenters. The Bertz CT molecular complexity index is 1190. The molecule has 1 aromatic heterocycles. The number of benzene rings is 3. The smallest absolute Gasteiger partial charge is 0.222 e. The summed E-state index contributed by atoms with van der Waals surface area (Å²) in [6.07, 6.45) is 0.414. The van der Waals surface area contributed by atoms with Crippen LogP contribution < -0.4 is 10.2 Å². The fourth-order valence-electron chi connectivity index (χ4n) is 3.85. The number of nitrogens with one attached hydrogen (secondary N) is 1. The summed E-state index contributed by atoms with van der Waals surface area (Å²) in [6, 6.07) is 24.7. The van der Waals surface area contributed by atoms with E-state index in [1.165, 1.54) is 9.79 Å². The summed E-state index contributed by atoms with van der Waals surface area (Å²) in [4.78, 5) is 21.9. The quantitative estimate of drug-likeness (QED) is 0.506. The molecule has 1 aliphatic heterocycles. The molecule has 0 aliphatic carbocycles. The first-order chi connectivity index (χ1) is 14.7. The number of aromatic nitrogens is 2. The van der Waals surface area contributed by atoms with Crippen molar-refractivity contribution < 1.29 is 4.79 Å². The third-order valence-electron chi connectivity index (χ3n) is 5.42. The zero-order valence-corrected chi connectivity index (χ0v) is 17.5. The van der Waals surface area contributed by atoms with Crippen molar-refractivity contribution >= 4 is 40.1 Å². The molecule has 0 spiro atoms. The minimum atomic E-state index is 0.0234. The lowest BCUT2D eigenvalue weighted by atomic mass is 10.2. The molecule has 0 saturated heterocycles. The molecule has 0 bridgehead atoms. The molecule has 0 radical (unpaired) electrons. The molecule has 6 heteroatoms. The zero-order chi connectivity index (χ0) is 20.5. The Morgan fingerprint density at radius 1 is 0.933 bits per heavy atom. The van der Waals surface area contributed by atoms with Crippen LogP contribution in [-0.2, 0) is 18.4 Å². The first-order valence-corrected chi connectivity index (χ1v) is 10.8. The number of imidazole rings is 1. The summed E-state index contributed by atoms with van der Waals surface area (Å²) in [5.41, 5.74) is 4.33. The van der Waals surface area contributed by atoms with E-state index >= 15 is 0 Å². The van der Waals surface area contributed by atoms with Gasteiger partial charge in [-0.05, 0) is 36.4 Å². The van der Waals surface area contributed by atoms with E-state index < -0.39 is 0 Å². The Hall–Kier alpha value is -3.25. The number of para-hydroxylation sites is 4. The molecule has 0 unspecified atom stereocenters. The molecule has 0 saturated carbocycles. The van der Waals surface area contributed by atoms with Crippen LogP contribution in [0.2, 0.25) is 0 Å².